The van der Waals surface area contributed by atoms with Crippen LogP contribution in [0.25, 0.3) is 0 Å². The molecule has 2 amide bonds. The van der Waals surface area contributed by atoms with Gasteiger partial charge in [-0.1, -0.05) is 30.3 Å². The lowest BCUT2D eigenvalue weighted by atomic mass is 10.1. The van der Waals surface area contributed by atoms with Crippen LogP contribution in [0.3, 0.4) is 0 Å². The van der Waals surface area contributed by atoms with E-state index in [1.165, 1.54) is 0 Å². The first-order valence-corrected chi connectivity index (χ1v) is 8.47. The highest BCUT2D eigenvalue weighted by Crippen LogP contribution is 2.21. The molecule has 0 saturated carbocycles. The van der Waals surface area contributed by atoms with Crippen molar-refractivity contribution in [1.29, 1.82) is 0 Å². The summed E-state index contributed by atoms with van der Waals surface area (Å²) in [7, 11) is 0. The fourth-order valence-electron chi connectivity index (χ4n) is 2.86. The minimum atomic E-state index is 0.0705. The number of carbonyl (C=O) groups is 2. The third kappa shape index (κ3) is 4.59. The van der Waals surface area contributed by atoms with Gasteiger partial charge >= 0.3 is 0 Å². The van der Waals surface area contributed by atoms with Crippen LogP contribution in [0, 0.1) is 0 Å². The number of nitrogens with zero attached hydrogens (tertiary/aromatic N) is 2. The molecule has 130 valence electrons. The van der Waals surface area contributed by atoms with E-state index in [-0.39, 0.29) is 11.8 Å². The smallest absolute Gasteiger partial charge is 0.227 e. The Kier molecular flexibility index (Phi) is 5.33. The quantitative estimate of drug-likeness (QED) is 0.861. The topological polar surface area (TPSA) is 49.9 Å². The molecule has 25 heavy (non-hydrogen) atoms. The first-order valence-electron chi connectivity index (χ1n) is 8.47. The summed E-state index contributed by atoms with van der Waals surface area (Å²) in [6.07, 6.45) is 0.367. The summed E-state index contributed by atoms with van der Waals surface area (Å²) in [6, 6.07) is 17.2. The summed E-state index contributed by atoms with van der Waals surface area (Å²) < 4.78 is 5.76. The molecule has 0 radical (unpaired) electrons. The minimum Gasteiger partial charge on any atom is -0.457 e. The Balaban J connectivity index is 1.53. The Bertz CT molecular complexity index is 720. The molecule has 0 aliphatic carbocycles. The van der Waals surface area contributed by atoms with E-state index in [1.54, 1.807) is 11.8 Å². The molecule has 1 aliphatic rings. The normalized spacial score (nSPS) is 14.3. The van der Waals surface area contributed by atoms with E-state index in [0.717, 1.165) is 17.1 Å². The summed E-state index contributed by atoms with van der Waals surface area (Å²) >= 11 is 0. The number of para-hydroxylation sites is 1. The number of amides is 2. The lowest BCUT2D eigenvalue weighted by Gasteiger charge is -2.34. The summed E-state index contributed by atoms with van der Waals surface area (Å²) in [5.74, 6) is 1.70. The van der Waals surface area contributed by atoms with Gasteiger partial charge in [0, 0.05) is 33.1 Å². The SMILES string of the molecule is CC(=O)N1CCN(C(=O)Cc2ccc(Oc3ccccc3)cc2)CC1. The van der Waals surface area contributed by atoms with Crippen LogP contribution >= 0.6 is 0 Å². The molecule has 0 N–H and O–H groups in total. The van der Waals surface area contributed by atoms with Crippen molar-refractivity contribution >= 4 is 11.8 Å². The van der Waals surface area contributed by atoms with Crippen LogP contribution in [0.15, 0.2) is 54.6 Å². The van der Waals surface area contributed by atoms with Crippen LogP contribution in [0.4, 0.5) is 0 Å². The van der Waals surface area contributed by atoms with Crippen molar-refractivity contribution in [2.45, 2.75) is 13.3 Å². The number of rotatable bonds is 4. The van der Waals surface area contributed by atoms with E-state index in [4.69, 9.17) is 4.74 Å². The molecule has 0 unspecified atom stereocenters. The number of piperazine rings is 1. The van der Waals surface area contributed by atoms with Crippen molar-refractivity contribution in [1.82, 2.24) is 9.80 Å². The van der Waals surface area contributed by atoms with Crippen molar-refractivity contribution in [2.24, 2.45) is 0 Å². The highest BCUT2D eigenvalue weighted by atomic mass is 16.5. The fourth-order valence-corrected chi connectivity index (χ4v) is 2.86. The van der Waals surface area contributed by atoms with Crippen molar-refractivity contribution in [3.05, 3.63) is 60.2 Å². The van der Waals surface area contributed by atoms with E-state index >= 15 is 0 Å². The first kappa shape index (κ1) is 17.0. The molecule has 1 fully saturated rings. The zero-order chi connectivity index (χ0) is 17.6. The Morgan fingerprint density at radius 2 is 1.40 bits per heavy atom. The molecule has 1 heterocycles. The average molecular weight is 338 g/mol. The molecule has 2 aromatic carbocycles. The third-order valence-corrected chi connectivity index (χ3v) is 4.34. The standard InChI is InChI=1S/C20H22N2O3/c1-16(23)21-11-13-22(14-12-21)20(24)15-17-7-9-19(10-8-17)25-18-5-3-2-4-6-18/h2-10H,11-15H2,1H3. The molecule has 0 aromatic heterocycles. The van der Waals surface area contributed by atoms with Gasteiger partial charge in [-0.2, -0.15) is 0 Å². The molecule has 2 aromatic rings. The van der Waals surface area contributed by atoms with Gasteiger partial charge < -0.3 is 14.5 Å². The van der Waals surface area contributed by atoms with Gasteiger partial charge in [0.25, 0.3) is 0 Å². The van der Waals surface area contributed by atoms with Gasteiger partial charge in [0.15, 0.2) is 0 Å². The van der Waals surface area contributed by atoms with Crippen molar-refractivity contribution < 1.29 is 14.3 Å². The molecule has 5 nitrogen and oxygen atoms in total. The molecular weight excluding hydrogens is 316 g/mol. The van der Waals surface area contributed by atoms with Gasteiger partial charge in [0.2, 0.25) is 11.8 Å². The molecule has 1 aliphatic heterocycles. The second-order valence-corrected chi connectivity index (χ2v) is 6.12. The van der Waals surface area contributed by atoms with Crippen LogP contribution in [0.2, 0.25) is 0 Å². The lowest BCUT2D eigenvalue weighted by molar-refractivity contribution is -0.138. The maximum absolute atomic E-state index is 12.4. The lowest BCUT2D eigenvalue weighted by Crippen LogP contribution is -2.50. The Labute approximate surface area is 147 Å². The molecule has 0 spiro atoms. The number of benzene rings is 2. The maximum Gasteiger partial charge on any atom is 0.227 e. The van der Waals surface area contributed by atoms with E-state index in [9.17, 15) is 9.59 Å². The monoisotopic (exact) mass is 338 g/mol. The van der Waals surface area contributed by atoms with Crippen molar-refractivity contribution in [3.8, 4) is 11.5 Å². The van der Waals surface area contributed by atoms with Crippen LogP contribution in [0.5, 0.6) is 11.5 Å². The fraction of sp³-hybridized carbons (Fsp3) is 0.300. The third-order valence-electron chi connectivity index (χ3n) is 4.34. The van der Waals surface area contributed by atoms with Gasteiger partial charge in [0.05, 0.1) is 6.42 Å². The van der Waals surface area contributed by atoms with Crippen LogP contribution in [-0.4, -0.2) is 47.8 Å². The van der Waals surface area contributed by atoms with Gasteiger partial charge in [-0.05, 0) is 29.8 Å². The van der Waals surface area contributed by atoms with Gasteiger partial charge in [-0.15, -0.1) is 0 Å². The summed E-state index contributed by atoms with van der Waals surface area (Å²) in [5, 5.41) is 0. The number of hydrogen-bond acceptors (Lipinski definition) is 3. The zero-order valence-corrected chi connectivity index (χ0v) is 14.4. The predicted octanol–water partition coefficient (Wildman–Crippen LogP) is 2.71. The molecule has 0 atom stereocenters. The summed E-state index contributed by atoms with van der Waals surface area (Å²) in [4.78, 5) is 27.4. The second kappa shape index (κ2) is 7.83. The Morgan fingerprint density at radius 1 is 0.840 bits per heavy atom. The van der Waals surface area contributed by atoms with E-state index in [0.29, 0.717) is 32.6 Å². The van der Waals surface area contributed by atoms with Crippen molar-refractivity contribution in [3.63, 3.8) is 0 Å². The number of ether oxygens (including phenoxy) is 1. The summed E-state index contributed by atoms with van der Waals surface area (Å²) in [5.41, 5.74) is 0.958. The van der Waals surface area contributed by atoms with Gasteiger partial charge in [-0.25, -0.2) is 0 Å². The number of hydrogen-bond donors (Lipinski definition) is 0. The molecule has 3 rings (SSSR count). The van der Waals surface area contributed by atoms with E-state index in [2.05, 4.69) is 0 Å². The highest BCUT2D eigenvalue weighted by Gasteiger charge is 2.22. The van der Waals surface area contributed by atoms with Gasteiger partial charge in [-0.3, -0.25) is 9.59 Å². The molecule has 0 bridgehead atoms. The van der Waals surface area contributed by atoms with Crippen molar-refractivity contribution in [2.75, 3.05) is 26.2 Å². The first-order chi connectivity index (χ1) is 12.1. The Hall–Kier alpha value is -2.82. The average Bonchev–Trinajstić information content (AvgIpc) is 2.64. The molecule has 5 heteroatoms. The van der Waals surface area contributed by atoms with E-state index < -0.39 is 0 Å². The predicted molar refractivity (Wildman–Crippen MR) is 95.5 cm³/mol. The zero-order valence-electron chi connectivity index (χ0n) is 14.4. The highest BCUT2D eigenvalue weighted by molar-refractivity contribution is 5.79. The molecule has 1 saturated heterocycles. The van der Waals surface area contributed by atoms with Crippen LogP contribution in [-0.2, 0) is 16.0 Å². The van der Waals surface area contributed by atoms with Crippen LogP contribution < -0.4 is 4.74 Å². The van der Waals surface area contributed by atoms with E-state index in [1.807, 2.05) is 59.5 Å². The largest absolute Gasteiger partial charge is 0.457 e. The Morgan fingerprint density at radius 3 is 2.00 bits per heavy atom. The summed E-state index contributed by atoms with van der Waals surface area (Å²) in [6.45, 7) is 4.01. The maximum atomic E-state index is 12.4. The van der Waals surface area contributed by atoms with Gasteiger partial charge in [0.1, 0.15) is 11.5 Å². The van der Waals surface area contributed by atoms with Crippen LogP contribution in [0.1, 0.15) is 12.5 Å². The second-order valence-electron chi connectivity index (χ2n) is 6.12. The number of carbonyl (C=O) groups excluding carboxylic acids is 2. The molecular formula is C20H22N2O3. The minimum absolute atomic E-state index is 0.0705.